The van der Waals surface area contributed by atoms with Crippen molar-refractivity contribution in [2.45, 2.75) is 44.2 Å². The zero-order valence-corrected chi connectivity index (χ0v) is 17.8. The molecule has 2 saturated heterocycles. The maximum Gasteiger partial charge on any atom is 0.273 e. The minimum Gasteiger partial charge on any atom is -0.497 e. The Morgan fingerprint density at radius 1 is 1.17 bits per heavy atom. The van der Waals surface area contributed by atoms with Gasteiger partial charge in [-0.25, -0.2) is 4.98 Å². The van der Waals surface area contributed by atoms with E-state index in [1.807, 2.05) is 34.5 Å². The number of rotatable bonds is 6. The van der Waals surface area contributed by atoms with Gasteiger partial charge in [0.2, 0.25) is 5.91 Å². The van der Waals surface area contributed by atoms with Gasteiger partial charge in [0.15, 0.2) is 0 Å². The molecule has 0 atom stereocenters. The van der Waals surface area contributed by atoms with Crippen molar-refractivity contribution < 1.29 is 14.3 Å². The van der Waals surface area contributed by atoms with Crippen LogP contribution in [0.2, 0.25) is 0 Å². The topological polar surface area (TPSA) is 54.9 Å². The van der Waals surface area contributed by atoms with Crippen molar-refractivity contribution >= 4 is 17.2 Å². The summed E-state index contributed by atoms with van der Waals surface area (Å²) in [4.78, 5) is 21.5. The molecule has 1 amide bonds. The van der Waals surface area contributed by atoms with Crippen molar-refractivity contribution in [3.8, 4) is 10.9 Å². The molecule has 0 aliphatic carbocycles. The number of piperidine rings is 2. The number of aromatic nitrogens is 1. The van der Waals surface area contributed by atoms with Crippen LogP contribution < -0.4 is 9.47 Å². The van der Waals surface area contributed by atoms with Crippen molar-refractivity contribution in [1.29, 1.82) is 0 Å². The summed E-state index contributed by atoms with van der Waals surface area (Å²) in [6.07, 6.45) is 6.73. The lowest BCUT2D eigenvalue weighted by Gasteiger charge is -2.41. The molecular formula is C22H29N3O3S. The zero-order chi connectivity index (χ0) is 20.1. The maximum atomic E-state index is 12.7. The van der Waals surface area contributed by atoms with Gasteiger partial charge in [0, 0.05) is 43.8 Å². The van der Waals surface area contributed by atoms with Crippen LogP contribution in [0.5, 0.6) is 10.9 Å². The van der Waals surface area contributed by atoms with E-state index in [0.29, 0.717) is 12.5 Å². The summed E-state index contributed by atoms with van der Waals surface area (Å²) in [6, 6.07) is 8.37. The molecule has 0 N–H and O–H groups in total. The number of hydrogen-bond donors (Lipinski definition) is 0. The second-order valence-electron chi connectivity index (χ2n) is 7.79. The minimum atomic E-state index is 0.215. The number of methoxy groups -OCH3 is 1. The predicted molar refractivity (Wildman–Crippen MR) is 114 cm³/mol. The fraction of sp³-hybridized carbons (Fsp3) is 0.545. The third-order valence-corrected chi connectivity index (χ3v) is 6.64. The van der Waals surface area contributed by atoms with Crippen LogP contribution in [0.15, 0.2) is 35.8 Å². The Hall–Kier alpha value is -2.12. The van der Waals surface area contributed by atoms with Crippen LogP contribution in [-0.2, 0) is 11.2 Å². The number of nitrogens with zero attached hydrogens (tertiary/aromatic N) is 3. The van der Waals surface area contributed by atoms with E-state index in [0.717, 1.165) is 68.4 Å². The van der Waals surface area contributed by atoms with E-state index in [1.54, 1.807) is 24.6 Å². The highest BCUT2D eigenvalue weighted by Gasteiger charge is 2.30. The molecular weight excluding hydrogens is 386 g/mol. The Bertz CT molecular complexity index is 782. The highest BCUT2D eigenvalue weighted by molar-refractivity contribution is 7.11. The normalized spacial score (nSPS) is 19.3. The number of carbonyl (C=O) groups excluding carboxylic acids is 1. The van der Waals surface area contributed by atoms with E-state index in [2.05, 4.69) is 9.88 Å². The van der Waals surface area contributed by atoms with Gasteiger partial charge in [-0.05, 0) is 43.4 Å². The van der Waals surface area contributed by atoms with Gasteiger partial charge in [-0.1, -0.05) is 23.5 Å². The van der Waals surface area contributed by atoms with Gasteiger partial charge in [-0.2, -0.15) is 0 Å². The van der Waals surface area contributed by atoms with Crippen LogP contribution in [-0.4, -0.2) is 66.1 Å². The average Bonchev–Trinajstić information content (AvgIpc) is 3.27. The molecule has 2 fully saturated rings. The average molecular weight is 416 g/mol. The van der Waals surface area contributed by atoms with Crippen molar-refractivity contribution in [3.63, 3.8) is 0 Å². The van der Waals surface area contributed by atoms with Gasteiger partial charge in [0.05, 0.1) is 13.5 Å². The standard InChI is InChI=1S/C22H29N3O3S/c1-27-20-4-2-3-17(15-20)16-21(26)25-10-5-18(6-11-25)24-12-7-19(8-13-24)28-22-23-9-14-29-22/h2-4,9,14-15,18-19H,5-8,10-13,16H2,1H3. The summed E-state index contributed by atoms with van der Waals surface area (Å²) in [5, 5.41) is 2.74. The van der Waals surface area contributed by atoms with Crippen molar-refractivity contribution in [3.05, 3.63) is 41.4 Å². The summed E-state index contributed by atoms with van der Waals surface area (Å²) in [7, 11) is 1.65. The van der Waals surface area contributed by atoms with Crippen LogP contribution in [0.25, 0.3) is 0 Å². The van der Waals surface area contributed by atoms with E-state index in [-0.39, 0.29) is 12.0 Å². The molecule has 0 bridgehead atoms. The van der Waals surface area contributed by atoms with Crippen LogP contribution in [0.4, 0.5) is 0 Å². The molecule has 2 aromatic rings. The molecule has 2 aliphatic heterocycles. The minimum absolute atomic E-state index is 0.215. The fourth-order valence-corrected chi connectivity index (χ4v) is 4.87. The molecule has 7 heteroatoms. The van der Waals surface area contributed by atoms with Gasteiger partial charge in [-0.15, -0.1) is 0 Å². The molecule has 1 aromatic carbocycles. The molecule has 6 nitrogen and oxygen atoms in total. The van der Waals surface area contributed by atoms with E-state index < -0.39 is 0 Å². The van der Waals surface area contributed by atoms with Gasteiger partial charge >= 0.3 is 0 Å². The Morgan fingerprint density at radius 2 is 1.97 bits per heavy atom. The number of amides is 1. The predicted octanol–water partition coefficient (Wildman–Crippen LogP) is 3.23. The Kier molecular flexibility index (Phi) is 6.67. The van der Waals surface area contributed by atoms with E-state index >= 15 is 0 Å². The van der Waals surface area contributed by atoms with Crippen LogP contribution >= 0.6 is 11.3 Å². The van der Waals surface area contributed by atoms with Gasteiger partial charge in [-0.3, -0.25) is 9.69 Å². The second-order valence-corrected chi connectivity index (χ2v) is 8.65. The Labute approximate surface area is 176 Å². The monoisotopic (exact) mass is 415 g/mol. The SMILES string of the molecule is COc1cccc(CC(=O)N2CCC(N3CCC(Oc4nccs4)CC3)CC2)c1. The fourth-order valence-electron chi connectivity index (χ4n) is 4.32. The zero-order valence-electron chi connectivity index (χ0n) is 17.0. The lowest BCUT2D eigenvalue weighted by atomic mass is 9.98. The van der Waals surface area contributed by atoms with Gasteiger partial charge in [0.1, 0.15) is 11.9 Å². The quantitative estimate of drug-likeness (QED) is 0.725. The Morgan fingerprint density at radius 3 is 2.66 bits per heavy atom. The number of likely N-dealkylation sites (tertiary alicyclic amines) is 2. The lowest BCUT2D eigenvalue weighted by molar-refractivity contribution is -0.132. The van der Waals surface area contributed by atoms with Gasteiger partial charge in [0.25, 0.3) is 5.19 Å². The third kappa shape index (κ3) is 5.28. The van der Waals surface area contributed by atoms with Gasteiger partial charge < -0.3 is 14.4 Å². The van der Waals surface area contributed by atoms with Crippen LogP contribution in [0, 0.1) is 0 Å². The number of thiazole rings is 1. The first-order valence-electron chi connectivity index (χ1n) is 10.4. The van der Waals surface area contributed by atoms with E-state index in [9.17, 15) is 4.79 Å². The number of hydrogen-bond acceptors (Lipinski definition) is 6. The highest BCUT2D eigenvalue weighted by Crippen LogP contribution is 2.25. The molecule has 156 valence electrons. The molecule has 29 heavy (non-hydrogen) atoms. The third-order valence-electron chi connectivity index (χ3n) is 5.98. The Balaban J connectivity index is 1.21. The number of ether oxygens (including phenoxy) is 2. The lowest BCUT2D eigenvalue weighted by Crippen LogP contribution is -2.50. The van der Waals surface area contributed by atoms with Crippen molar-refractivity contribution in [2.24, 2.45) is 0 Å². The van der Waals surface area contributed by atoms with Crippen molar-refractivity contribution in [2.75, 3.05) is 33.3 Å². The second kappa shape index (κ2) is 9.59. The molecule has 0 saturated carbocycles. The van der Waals surface area contributed by atoms with Crippen LogP contribution in [0.1, 0.15) is 31.2 Å². The summed E-state index contributed by atoms with van der Waals surface area (Å²) >= 11 is 1.56. The largest absolute Gasteiger partial charge is 0.497 e. The van der Waals surface area contributed by atoms with Crippen molar-refractivity contribution in [1.82, 2.24) is 14.8 Å². The molecule has 0 spiro atoms. The number of carbonyl (C=O) groups is 1. The number of benzene rings is 1. The first kappa shape index (κ1) is 20.2. The molecule has 2 aliphatic rings. The summed E-state index contributed by atoms with van der Waals surface area (Å²) in [6.45, 7) is 3.84. The molecule has 0 radical (unpaired) electrons. The summed E-state index contributed by atoms with van der Waals surface area (Å²) in [5.41, 5.74) is 1.01. The first-order chi connectivity index (χ1) is 14.2. The molecule has 0 unspecified atom stereocenters. The highest BCUT2D eigenvalue weighted by atomic mass is 32.1. The maximum absolute atomic E-state index is 12.7. The van der Waals surface area contributed by atoms with Crippen LogP contribution in [0.3, 0.4) is 0 Å². The van der Waals surface area contributed by atoms with E-state index in [1.165, 1.54) is 0 Å². The first-order valence-corrected chi connectivity index (χ1v) is 11.3. The summed E-state index contributed by atoms with van der Waals surface area (Å²) < 4.78 is 11.2. The molecule has 1 aromatic heterocycles. The molecule has 3 heterocycles. The smallest absolute Gasteiger partial charge is 0.273 e. The summed E-state index contributed by atoms with van der Waals surface area (Å²) in [5.74, 6) is 1.02. The molecule has 4 rings (SSSR count). The van der Waals surface area contributed by atoms with E-state index in [4.69, 9.17) is 9.47 Å².